The Morgan fingerprint density at radius 3 is 2.58 bits per heavy atom. The van der Waals surface area contributed by atoms with Crippen LogP contribution in [0.3, 0.4) is 0 Å². The number of hydrogen-bond donors (Lipinski definition) is 1. The summed E-state index contributed by atoms with van der Waals surface area (Å²) in [4.78, 5) is 10.8. The Kier molecular flexibility index (Phi) is 3.22. The van der Waals surface area contributed by atoms with Crippen molar-refractivity contribution in [1.82, 2.24) is 0 Å². The summed E-state index contributed by atoms with van der Waals surface area (Å²) < 4.78 is 9.93. The van der Waals surface area contributed by atoms with Gasteiger partial charge in [-0.15, -0.1) is 0 Å². The van der Waals surface area contributed by atoms with Crippen LogP contribution in [-0.4, -0.2) is 15.5 Å². The van der Waals surface area contributed by atoms with E-state index in [2.05, 4.69) is 5.32 Å². The average Bonchev–Trinajstić information content (AvgIpc) is 2.06. The molecule has 4 heteroatoms. The number of rotatable bonds is 2. The molecular weight excluding hydrogens is 174 g/mol. The van der Waals surface area contributed by atoms with E-state index >= 15 is 0 Å². The summed E-state index contributed by atoms with van der Waals surface area (Å²) in [6, 6.07) is 8.96. The molecule has 0 spiro atoms. The second-order valence-corrected chi connectivity index (χ2v) is 2.50. The van der Waals surface area contributed by atoms with E-state index in [4.69, 9.17) is 0 Å². The monoisotopic (exact) mass is 181 g/mol. The van der Waals surface area contributed by atoms with E-state index in [9.17, 15) is 9.00 Å². The van der Waals surface area contributed by atoms with Crippen LogP contribution < -0.4 is 5.32 Å². The molecule has 0 fully saturated rings. The van der Waals surface area contributed by atoms with E-state index in [1.54, 1.807) is 24.3 Å². The van der Waals surface area contributed by atoms with Crippen molar-refractivity contribution in [2.75, 3.05) is 5.32 Å². The number of anilines is 1. The van der Waals surface area contributed by atoms with Crippen molar-refractivity contribution in [2.24, 2.45) is 0 Å². The fraction of sp³-hybridized carbons (Fsp3) is 0. The maximum atomic E-state index is 10.8. The molecule has 0 unspecified atom stereocenters. The molecular formula is C8H7NO2S. The summed E-state index contributed by atoms with van der Waals surface area (Å²) in [7, 11) is 0. The predicted molar refractivity (Wildman–Crippen MR) is 49.3 cm³/mol. The van der Waals surface area contributed by atoms with Crippen LogP contribution in [0.5, 0.6) is 0 Å². The molecule has 1 N–H and O–H groups in total. The molecule has 3 nitrogen and oxygen atoms in total. The number of hydrogen-bond acceptors (Lipinski definition) is 2. The highest BCUT2D eigenvalue weighted by atomic mass is 32.1. The van der Waals surface area contributed by atoms with Gasteiger partial charge in [0.25, 0.3) is 5.91 Å². The quantitative estimate of drug-likeness (QED) is 0.680. The first-order valence-corrected chi connectivity index (χ1v) is 4.11. The molecule has 0 atom stereocenters. The molecule has 0 saturated heterocycles. The van der Waals surface area contributed by atoms with E-state index in [0.717, 1.165) is 5.37 Å². The van der Waals surface area contributed by atoms with Crippen molar-refractivity contribution in [1.29, 1.82) is 0 Å². The minimum Gasteiger partial charge on any atom is -0.322 e. The van der Waals surface area contributed by atoms with Crippen molar-refractivity contribution in [3.8, 4) is 0 Å². The van der Waals surface area contributed by atoms with Crippen molar-refractivity contribution < 1.29 is 9.00 Å². The van der Waals surface area contributed by atoms with Gasteiger partial charge in [-0.25, -0.2) is 4.21 Å². The van der Waals surface area contributed by atoms with Crippen molar-refractivity contribution in [3.05, 3.63) is 30.3 Å². The SMILES string of the molecule is O=S=CC(=O)Nc1ccccc1. The van der Waals surface area contributed by atoms with Crippen LogP contribution >= 0.6 is 0 Å². The Bertz CT molecular complexity index is 317. The van der Waals surface area contributed by atoms with Gasteiger partial charge in [-0.1, -0.05) is 18.2 Å². The Morgan fingerprint density at radius 2 is 2.00 bits per heavy atom. The van der Waals surface area contributed by atoms with Crippen LogP contribution in [0.25, 0.3) is 0 Å². The summed E-state index contributed by atoms with van der Waals surface area (Å²) in [6.45, 7) is 0. The standard InChI is InChI=1S/C8H7NO2S/c10-8(6-12-11)9-7-4-2-1-3-5-7/h1-6H,(H,9,10). The van der Waals surface area contributed by atoms with Gasteiger partial charge in [-0.3, -0.25) is 4.79 Å². The summed E-state index contributed by atoms with van der Waals surface area (Å²) >= 11 is 0.142. The Labute approximate surface area is 73.5 Å². The highest BCUT2D eigenvalue weighted by Crippen LogP contribution is 2.03. The topological polar surface area (TPSA) is 46.2 Å². The molecule has 62 valence electrons. The molecule has 1 aromatic carbocycles. The molecule has 0 bridgehead atoms. The zero-order valence-corrected chi connectivity index (χ0v) is 7.01. The molecule has 0 aromatic heterocycles. The lowest BCUT2D eigenvalue weighted by atomic mass is 10.3. The third-order valence-corrected chi connectivity index (χ3v) is 1.51. The summed E-state index contributed by atoms with van der Waals surface area (Å²) in [5, 5.41) is 3.51. The molecule has 1 rings (SSSR count). The number of carbonyl (C=O) groups excluding carboxylic acids is 1. The van der Waals surface area contributed by atoms with E-state index in [-0.39, 0.29) is 17.2 Å². The van der Waals surface area contributed by atoms with Gasteiger partial charge in [0.2, 0.25) is 0 Å². The summed E-state index contributed by atoms with van der Waals surface area (Å²) in [5.41, 5.74) is 0.688. The summed E-state index contributed by atoms with van der Waals surface area (Å²) in [6.07, 6.45) is 0. The van der Waals surface area contributed by atoms with E-state index in [1.165, 1.54) is 0 Å². The van der Waals surface area contributed by atoms with Gasteiger partial charge in [0.1, 0.15) is 0 Å². The normalized spacial score (nSPS) is 8.67. The van der Waals surface area contributed by atoms with Gasteiger partial charge in [0.05, 0.1) is 16.6 Å². The molecule has 0 heterocycles. The minimum absolute atomic E-state index is 0.142. The Balaban J connectivity index is 2.64. The Hall–Kier alpha value is -1.42. The van der Waals surface area contributed by atoms with Gasteiger partial charge in [0, 0.05) is 5.69 Å². The first-order chi connectivity index (χ1) is 5.83. The molecule has 1 aromatic rings. The molecule has 12 heavy (non-hydrogen) atoms. The second-order valence-electron chi connectivity index (χ2n) is 2.07. The van der Waals surface area contributed by atoms with Gasteiger partial charge in [-0.05, 0) is 12.1 Å². The molecule has 0 radical (unpaired) electrons. The van der Waals surface area contributed by atoms with E-state index in [0.29, 0.717) is 5.69 Å². The second kappa shape index (κ2) is 4.46. The van der Waals surface area contributed by atoms with Gasteiger partial charge < -0.3 is 5.32 Å². The number of carbonyl (C=O) groups is 1. The molecule has 0 aliphatic heterocycles. The minimum atomic E-state index is -0.388. The Morgan fingerprint density at radius 1 is 1.33 bits per heavy atom. The predicted octanol–water partition coefficient (Wildman–Crippen LogP) is 0.640. The van der Waals surface area contributed by atoms with E-state index in [1.807, 2.05) is 6.07 Å². The van der Waals surface area contributed by atoms with Gasteiger partial charge >= 0.3 is 0 Å². The smallest absolute Gasteiger partial charge is 0.261 e. The third kappa shape index (κ3) is 2.67. The fourth-order valence-corrected chi connectivity index (χ4v) is 0.883. The number of nitrogens with one attached hydrogen (secondary N) is 1. The van der Waals surface area contributed by atoms with E-state index < -0.39 is 0 Å². The number of benzene rings is 1. The van der Waals surface area contributed by atoms with Gasteiger partial charge in [-0.2, -0.15) is 0 Å². The lowest BCUT2D eigenvalue weighted by Gasteiger charge is -1.98. The number of para-hydroxylation sites is 1. The molecule has 0 saturated carbocycles. The van der Waals surface area contributed by atoms with Crippen LogP contribution in [0.15, 0.2) is 30.3 Å². The lowest BCUT2D eigenvalue weighted by Crippen LogP contribution is -2.11. The van der Waals surface area contributed by atoms with Crippen molar-refractivity contribution in [2.45, 2.75) is 0 Å². The first-order valence-electron chi connectivity index (χ1n) is 3.31. The zero-order chi connectivity index (χ0) is 8.81. The van der Waals surface area contributed by atoms with Crippen LogP contribution in [0.4, 0.5) is 5.69 Å². The zero-order valence-electron chi connectivity index (χ0n) is 6.19. The third-order valence-electron chi connectivity index (χ3n) is 1.20. The van der Waals surface area contributed by atoms with Gasteiger partial charge in [0.15, 0.2) is 0 Å². The van der Waals surface area contributed by atoms with Crippen molar-refractivity contribution in [3.63, 3.8) is 0 Å². The van der Waals surface area contributed by atoms with Crippen LogP contribution in [-0.2, 0) is 16.1 Å². The molecule has 0 aliphatic rings. The first kappa shape index (κ1) is 8.67. The highest BCUT2D eigenvalue weighted by molar-refractivity contribution is 7.66. The highest BCUT2D eigenvalue weighted by Gasteiger charge is 1.94. The average molecular weight is 181 g/mol. The summed E-state index contributed by atoms with van der Waals surface area (Å²) in [5.74, 6) is -0.388. The van der Waals surface area contributed by atoms with Crippen LogP contribution in [0, 0.1) is 0 Å². The van der Waals surface area contributed by atoms with Crippen LogP contribution in [0.1, 0.15) is 0 Å². The van der Waals surface area contributed by atoms with Crippen LogP contribution in [0.2, 0.25) is 0 Å². The maximum Gasteiger partial charge on any atom is 0.261 e. The lowest BCUT2D eigenvalue weighted by molar-refractivity contribution is -0.109. The maximum absolute atomic E-state index is 10.8. The molecule has 1 amide bonds. The number of amides is 1. The largest absolute Gasteiger partial charge is 0.322 e. The molecule has 0 aliphatic carbocycles. The fourth-order valence-electron chi connectivity index (χ4n) is 0.737. The van der Waals surface area contributed by atoms with Crippen molar-refractivity contribution >= 4 is 28.2 Å².